The molecule has 1 aliphatic heterocycles. The lowest BCUT2D eigenvalue weighted by atomic mass is 10.1. The number of nitrogens with zero attached hydrogens (tertiary/aromatic N) is 2. The fraction of sp³-hybridized carbons (Fsp3) is 0.400. The van der Waals surface area contributed by atoms with E-state index in [0.717, 1.165) is 37.1 Å². The summed E-state index contributed by atoms with van der Waals surface area (Å²) in [5.41, 5.74) is 0.913. The molecule has 0 radical (unpaired) electrons. The molecule has 0 saturated carbocycles. The molecular weight excluding hydrogens is 355 g/mol. The van der Waals surface area contributed by atoms with Gasteiger partial charge >= 0.3 is 6.18 Å². The van der Waals surface area contributed by atoms with E-state index in [1.165, 1.54) is 6.07 Å². The molecule has 1 aromatic heterocycles. The lowest BCUT2D eigenvalue weighted by Crippen LogP contribution is -2.34. The Labute approximate surface area is 156 Å². The molecule has 1 fully saturated rings. The molecule has 3 rings (SSSR count). The van der Waals surface area contributed by atoms with Crippen molar-refractivity contribution >= 4 is 5.91 Å². The fourth-order valence-electron chi connectivity index (χ4n) is 3.36. The number of halogens is 3. The number of aromatic nitrogens is 1. The van der Waals surface area contributed by atoms with Crippen LogP contribution >= 0.6 is 0 Å². The molecular formula is C20H22F3N3O. The molecule has 1 aromatic carbocycles. The number of pyridine rings is 1. The summed E-state index contributed by atoms with van der Waals surface area (Å²) in [6, 6.07) is 9.12. The van der Waals surface area contributed by atoms with Crippen LogP contribution in [-0.4, -0.2) is 28.4 Å². The second kappa shape index (κ2) is 8.52. The van der Waals surface area contributed by atoms with Gasteiger partial charge in [-0.3, -0.25) is 9.78 Å². The number of carbonyl (C=O) groups is 1. The van der Waals surface area contributed by atoms with Gasteiger partial charge in [0.1, 0.15) is 0 Å². The zero-order valence-electron chi connectivity index (χ0n) is 14.9. The van der Waals surface area contributed by atoms with E-state index in [1.54, 1.807) is 23.4 Å². The second-order valence-corrected chi connectivity index (χ2v) is 6.74. The number of likely N-dealkylation sites (tertiary alicyclic amines) is 1. The van der Waals surface area contributed by atoms with Gasteiger partial charge in [0.25, 0.3) is 0 Å². The van der Waals surface area contributed by atoms with Crippen LogP contribution in [0.25, 0.3) is 0 Å². The van der Waals surface area contributed by atoms with Crippen molar-refractivity contribution in [2.75, 3.05) is 6.54 Å². The first-order valence-electron chi connectivity index (χ1n) is 8.99. The van der Waals surface area contributed by atoms with Crippen LogP contribution in [0.1, 0.15) is 36.0 Å². The van der Waals surface area contributed by atoms with Gasteiger partial charge in [-0.1, -0.05) is 18.2 Å². The summed E-state index contributed by atoms with van der Waals surface area (Å²) in [5, 5.41) is 3.33. The van der Waals surface area contributed by atoms with E-state index in [2.05, 4.69) is 10.3 Å². The average molecular weight is 377 g/mol. The van der Waals surface area contributed by atoms with Crippen molar-refractivity contribution in [3.8, 4) is 0 Å². The Hall–Kier alpha value is -2.41. The molecule has 4 nitrogen and oxygen atoms in total. The molecule has 1 amide bonds. The van der Waals surface area contributed by atoms with Crippen molar-refractivity contribution in [3.05, 3.63) is 65.5 Å². The number of hydrogen-bond donors (Lipinski definition) is 1. The highest BCUT2D eigenvalue weighted by atomic mass is 19.4. The topological polar surface area (TPSA) is 45.2 Å². The summed E-state index contributed by atoms with van der Waals surface area (Å²) in [5.74, 6) is 0.00433. The Balaban J connectivity index is 1.55. The first-order valence-corrected chi connectivity index (χ1v) is 8.99. The standard InChI is InChI=1S/C20H22F3N3O/c21-20(22,23)17-5-1-3-15(11-17)14-26-18(6-7-19(26)27)8-10-25-13-16-4-2-9-24-12-16/h1-5,9,11-12,18,25H,6-8,10,13-14H2/t18-/m0/s1. The Morgan fingerprint density at radius 3 is 2.74 bits per heavy atom. The third kappa shape index (κ3) is 5.29. The minimum absolute atomic E-state index is 0.00433. The Morgan fingerprint density at radius 1 is 1.19 bits per heavy atom. The molecule has 1 aliphatic rings. The predicted molar refractivity (Wildman–Crippen MR) is 95.6 cm³/mol. The molecule has 144 valence electrons. The molecule has 27 heavy (non-hydrogen) atoms. The van der Waals surface area contributed by atoms with Crippen LogP contribution in [0.4, 0.5) is 13.2 Å². The van der Waals surface area contributed by atoms with Crippen LogP contribution in [0.3, 0.4) is 0 Å². The van der Waals surface area contributed by atoms with Gasteiger partial charge in [0.2, 0.25) is 5.91 Å². The number of benzene rings is 1. The quantitative estimate of drug-likeness (QED) is 0.747. The van der Waals surface area contributed by atoms with Gasteiger partial charge in [-0.2, -0.15) is 13.2 Å². The van der Waals surface area contributed by atoms with Crippen molar-refractivity contribution < 1.29 is 18.0 Å². The van der Waals surface area contributed by atoms with Gasteiger partial charge in [-0.25, -0.2) is 0 Å². The van der Waals surface area contributed by atoms with E-state index in [1.807, 2.05) is 12.1 Å². The van der Waals surface area contributed by atoms with Crippen LogP contribution in [0.5, 0.6) is 0 Å². The number of nitrogens with one attached hydrogen (secondary N) is 1. The van der Waals surface area contributed by atoms with Crippen LogP contribution < -0.4 is 5.32 Å². The highest BCUT2D eigenvalue weighted by Gasteiger charge is 2.32. The van der Waals surface area contributed by atoms with E-state index in [4.69, 9.17) is 0 Å². The van der Waals surface area contributed by atoms with E-state index >= 15 is 0 Å². The maximum atomic E-state index is 12.9. The number of carbonyl (C=O) groups excluding carboxylic acids is 1. The van der Waals surface area contributed by atoms with Crippen LogP contribution in [0, 0.1) is 0 Å². The van der Waals surface area contributed by atoms with Crippen molar-refractivity contribution in [2.24, 2.45) is 0 Å². The van der Waals surface area contributed by atoms with Gasteiger partial charge in [0.15, 0.2) is 0 Å². The Morgan fingerprint density at radius 2 is 2.00 bits per heavy atom. The molecule has 0 aliphatic carbocycles. The molecule has 1 saturated heterocycles. The molecule has 0 unspecified atom stereocenters. The first-order chi connectivity index (χ1) is 12.9. The summed E-state index contributed by atoms with van der Waals surface area (Å²) < 4.78 is 38.7. The molecule has 0 spiro atoms. The highest BCUT2D eigenvalue weighted by Crippen LogP contribution is 2.30. The SMILES string of the molecule is O=C1CC[C@@H](CCNCc2cccnc2)N1Cc1cccc(C(F)(F)F)c1. The van der Waals surface area contributed by atoms with Crippen LogP contribution in [0.15, 0.2) is 48.8 Å². The maximum Gasteiger partial charge on any atom is 0.416 e. The van der Waals surface area contributed by atoms with Gasteiger partial charge in [-0.15, -0.1) is 0 Å². The maximum absolute atomic E-state index is 12.9. The lowest BCUT2D eigenvalue weighted by Gasteiger charge is -2.25. The molecule has 2 heterocycles. The van der Waals surface area contributed by atoms with Crippen molar-refractivity contribution in [3.63, 3.8) is 0 Å². The predicted octanol–water partition coefficient (Wildman–Crippen LogP) is 3.77. The summed E-state index contributed by atoms with van der Waals surface area (Å²) >= 11 is 0. The summed E-state index contributed by atoms with van der Waals surface area (Å²) in [4.78, 5) is 18.0. The molecule has 1 N–H and O–H groups in total. The van der Waals surface area contributed by atoms with Crippen LogP contribution in [0.2, 0.25) is 0 Å². The zero-order valence-corrected chi connectivity index (χ0v) is 14.9. The van der Waals surface area contributed by atoms with E-state index in [-0.39, 0.29) is 18.5 Å². The van der Waals surface area contributed by atoms with E-state index < -0.39 is 11.7 Å². The van der Waals surface area contributed by atoms with Crippen molar-refractivity contribution in [1.29, 1.82) is 0 Å². The van der Waals surface area contributed by atoms with Gasteiger partial charge in [-0.05, 0) is 48.7 Å². The Kier molecular flexibility index (Phi) is 6.11. The fourth-order valence-corrected chi connectivity index (χ4v) is 3.36. The first kappa shape index (κ1) is 19.4. The van der Waals surface area contributed by atoms with Crippen LogP contribution in [-0.2, 0) is 24.1 Å². The van der Waals surface area contributed by atoms with Gasteiger partial charge in [0.05, 0.1) is 5.56 Å². The number of alkyl halides is 3. The normalized spacial score (nSPS) is 17.5. The third-order valence-corrected chi connectivity index (χ3v) is 4.77. The molecule has 0 bridgehead atoms. The molecule has 7 heteroatoms. The highest BCUT2D eigenvalue weighted by molar-refractivity contribution is 5.78. The number of amides is 1. The smallest absolute Gasteiger partial charge is 0.335 e. The zero-order chi connectivity index (χ0) is 19.3. The van der Waals surface area contributed by atoms with Gasteiger partial charge in [0, 0.05) is 37.9 Å². The average Bonchev–Trinajstić information content (AvgIpc) is 2.99. The second-order valence-electron chi connectivity index (χ2n) is 6.74. The lowest BCUT2D eigenvalue weighted by molar-refractivity contribution is -0.137. The van der Waals surface area contributed by atoms with E-state index in [9.17, 15) is 18.0 Å². The minimum atomic E-state index is -4.37. The summed E-state index contributed by atoms with van der Waals surface area (Å²) in [6.07, 6.45) is 1.11. The molecule has 2 aromatic rings. The minimum Gasteiger partial charge on any atom is -0.335 e. The summed E-state index contributed by atoms with van der Waals surface area (Å²) in [6.45, 7) is 1.64. The van der Waals surface area contributed by atoms with Crippen molar-refractivity contribution in [1.82, 2.24) is 15.2 Å². The van der Waals surface area contributed by atoms with E-state index in [0.29, 0.717) is 18.5 Å². The summed E-state index contributed by atoms with van der Waals surface area (Å²) in [7, 11) is 0. The van der Waals surface area contributed by atoms with Gasteiger partial charge < -0.3 is 10.2 Å². The third-order valence-electron chi connectivity index (χ3n) is 4.77. The Bertz CT molecular complexity index is 765. The monoisotopic (exact) mass is 377 g/mol. The largest absolute Gasteiger partial charge is 0.416 e. The number of rotatable bonds is 7. The molecule has 1 atom stereocenters. The number of hydrogen-bond acceptors (Lipinski definition) is 3. The van der Waals surface area contributed by atoms with Crippen molar-refractivity contribution in [2.45, 2.75) is 44.6 Å².